The number of hydrogen-bond donors (Lipinski definition) is 0. The molecule has 0 aliphatic rings. The van der Waals surface area contributed by atoms with Gasteiger partial charge < -0.3 is 0 Å². The van der Waals surface area contributed by atoms with Crippen LogP contribution >= 0.6 is 11.6 Å². The van der Waals surface area contributed by atoms with Crippen LogP contribution in [0.15, 0.2) is 24.5 Å². The molecule has 0 aliphatic carbocycles. The largest absolute Gasteiger partial charge is 0.264 e. The summed E-state index contributed by atoms with van der Waals surface area (Å²) in [4.78, 5) is 12.7. The van der Waals surface area contributed by atoms with E-state index in [2.05, 4.69) is 15.0 Å². The van der Waals surface area contributed by atoms with Gasteiger partial charge in [0.2, 0.25) is 0 Å². The summed E-state index contributed by atoms with van der Waals surface area (Å²) in [5.41, 5.74) is 3.32. The lowest BCUT2D eigenvalue weighted by Gasteiger charge is -2.05. The Morgan fingerprint density at radius 1 is 1.13 bits per heavy atom. The van der Waals surface area contributed by atoms with E-state index >= 15 is 0 Å². The van der Waals surface area contributed by atoms with E-state index in [4.69, 9.17) is 11.6 Å². The Hall–Kier alpha value is -1.48. The zero-order valence-corrected chi connectivity index (χ0v) is 9.28. The van der Waals surface area contributed by atoms with Gasteiger partial charge in [-0.1, -0.05) is 11.6 Å². The van der Waals surface area contributed by atoms with Gasteiger partial charge in [-0.15, -0.1) is 0 Å². The van der Waals surface area contributed by atoms with E-state index in [9.17, 15) is 0 Å². The molecule has 0 fully saturated rings. The highest BCUT2D eigenvalue weighted by Gasteiger charge is 2.08. The van der Waals surface area contributed by atoms with E-state index in [1.807, 2.05) is 26.0 Å². The van der Waals surface area contributed by atoms with Crippen LogP contribution in [0.1, 0.15) is 11.4 Å². The fourth-order valence-corrected chi connectivity index (χ4v) is 1.54. The highest BCUT2D eigenvalue weighted by Crippen LogP contribution is 2.24. The van der Waals surface area contributed by atoms with Crippen LogP contribution in [-0.4, -0.2) is 15.0 Å². The van der Waals surface area contributed by atoms with Crippen LogP contribution in [0.25, 0.3) is 11.3 Å². The van der Waals surface area contributed by atoms with E-state index in [1.165, 1.54) is 0 Å². The molecule has 0 N–H and O–H groups in total. The third-order valence-corrected chi connectivity index (χ3v) is 2.46. The Labute approximate surface area is 93.2 Å². The molecule has 0 radical (unpaired) electrons. The van der Waals surface area contributed by atoms with Crippen LogP contribution in [0, 0.1) is 13.8 Å². The summed E-state index contributed by atoms with van der Waals surface area (Å²) >= 11 is 6.03. The first-order valence-corrected chi connectivity index (χ1v) is 4.97. The minimum absolute atomic E-state index is 0.422. The third kappa shape index (κ3) is 1.97. The Kier molecular flexibility index (Phi) is 2.64. The molecule has 0 amide bonds. The SMILES string of the molecule is Cc1nc(Cl)c(-c2cccnc2)nc1C. The zero-order valence-electron chi connectivity index (χ0n) is 8.53. The van der Waals surface area contributed by atoms with E-state index in [1.54, 1.807) is 12.4 Å². The maximum atomic E-state index is 6.03. The van der Waals surface area contributed by atoms with Crippen molar-refractivity contribution in [2.45, 2.75) is 13.8 Å². The summed E-state index contributed by atoms with van der Waals surface area (Å²) in [6.45, 7) is 3.81. The van der Waals surface area contributed by atoms with E-state index < -0.39 is 0 Å². The second kappa shape index (κ2) is 3.95. The maximum Gasteiger partial charge on any atom is 0.155 e. The number of nitrogens with zero attached hydrogens (tertiary/aromatic N) is 3. The Balaban J connectivity index is 2.59. The highest BCUT2D eigenvalue weighted by atomic mass is 35.5. The van der Waals surface area contributed by atoms with Gasteiger partial charge in [0.15, 0.2) is 5.15 Å². The highest BCUT2D eigenvalue weighted by molar-refractivity contribution is 6.31. The van der Waals surface area contributed by atoms with Crippen molar-refractivity contribution in [1.82, 2.24) is 15.0 Å². The molecule has 4 heteroatoms. The topological polar surface area (TPSA) is 38.7 Å². The average Bonchev–Trinajstić information content (AvgIpc) is 2.25. The first-order chi connectivity index (χ1) is 7.18. The molecular weight excluding hydrogens is 210 g/mol. The smallest absolute Gasteiger partial charge is 0.155 e. The van der Waals surface area contributed by atoms with Gasteiger partial charge in [-0.2, -0.15) is 0 Å². The predicted octanol–water partition coefficient (Wildman–Crippen LogP) is 2.81. The van der Waals surface area contributed by atoms with Crippen molar-refractivity contribution in [3.63, 3.8) is 0 Å². The van der Waals surface area contributed by atoms with Gasteiger partial charge in [-0.25, -0.2) is 9.97 Å². The van der Waals surface area contributed by atoms with E-state index in [-0.39, 0.29) is 0 Å². The number of aryl methyl sites for hydroxylation is 2. The van der Waals surface area contributed by atoms with Crippen LogP contribution in [0.3, 0.4) is 0 Å². The molecular formula is C11H10ClN3. The summed E-state index contributed by atoms with van der Waals surface area (Å²) in [5.74, 6) is 0. The third-order valence-electron chi connectivity index (χ3n) is 2.20. The fourth-order valence-electron chi connectivity index (χ4n) is 1.26. The molecule has 0 unspecified atom stereocenters. The number of halogens is 1. The summed E-state index contributed by atoms with van der Waals surface area (Å²) in [6.07, 6.45) is 3.44. The number of rotatable bonds is 1. The zero-order chi connectivity index (χ0) is 10.8. The summed E-state index contributed by atoms with van der Waals surface area (Å²) in [6, 6.07) is 3.76. The predicted molar refractivity (Wildman–Crippen MR) is 59.7 cm³/mol. The average molecular weight is 220 g/mol. The quantitative estimate of drug-likeness (QED) is 0.740. The van der Waals surface area contributed by atoms with Crippen LogP contribution in [0.2, 0.25) is 5.15 Å². The summed E-state index contributed by atoms with van der Waals surface area (Å²) in [7, 11) is 0. The molecule has 2 rings (SSSR count). The Morgan fingerprint density at radius 2 is 1.87 bits per heavy atom. The molecule has 0 aromatic carbocycles. The number of pyridine rings is 1. The Bertz CT molecular complexity index is 483. The minimum atomic E-state index is 0.422. The minimum Gasteiger partial charge on any atom is -0.264 e. The monoisotopic (exact) mass is 219 g/mol. The normalized spacial score (nSPS) is 10.3. The molecule has 0 spiro atoms. The van der Waals surface area contributed by atoms with Crippen molar-refractivity contribution in [1.29, 1.82) is 0 Å². The lowest BCUT2D eigenvalue weighted by Crippen LogP contribution is -1.96. The molecule has 76 valence electrons. The molecule has 15 heavy (non-hydrogen) atoms. The Morgan fingerprint density at radius 3 is 2.53 bits per heavy atom. The first kappa shape index (κ1) is 10.1. The molecule has 0 saturated carbocycles. The first-order valence-electron chi connectivity index (χ1n) is 4.59. The van der Waals surface area contributed by atoms with E-state index in [0.717, 1.165) is 17.0 Å². The molecule has 0 saturated heterocycles. The van der Waals surface area contributed by atoms with Crippen LogP contribution in [0.4, 0.5) is 0 Å². The van der Waals surface area contributed by atoms with E-state index in [0.29, 0.717) is 10.8 Å². The van der Waals surface area contributed by atoms with Gasteiger partial charge in [-0.3, -0.25) is 4.98 Å². The molecule has 3 nitrogen and oxygen atoms in total. The van der Waals surface area contributed by atoms with Crippen LogP contribution < -0.4 is 0 Å². The van der Waals surface area contributed by atoms with Crippen LogP contribution in [0.5, 0.6) is 0 Å². The standard InChI is InChI=1S/C11H10ClN3/c1-7-8(2)15-11(12)10(14-7)9-4-3-5-13-6-9/h3-6H,1-2H3. The number of hydrogen-bond acceptors (Lipinski definition) is 3. The van der Waals surface area contributed by atoms with Gasteiger partial charge in [0, 0.05) is 18.0 Å². The second-order valence-electron chi connectivity index (χ2n) is 3.28. The molecule has 0 atom stereocenters. The van der Waals surface area contributed by atoms with Gasteiger partial charge in [0.25, 0.3) is 0 Å². The van der Waals surface area contributed by atoms with Crippen molar-refractivity contribution >= 4 is 11.6 Å². The molecule has 2 aromatic heterocycles. The van der Waals surface area contributed by atoms with Crippen molar-refractivity contribution in [2.24, 2.45) is 0 Å². The fraction of sp³-hybridized carbons (Fsp3) is 0.182. The lowest BCUT2D eigenvalue weighted by molar-refractivity contribution is 1.05. The molecule has 0 aliphatic heterocycles. The van der Waals surface area contributed by atoms with Gasteiger partial charge in [0.05, 0.1) is 11.4 Å². The van der Waals surface area contributed by atoms with Crippen molar-refractivity contribution in [3.8, 4) is 11.3 Å². The van der Waals surface area contributed by atoms with Gasteiger partial charge in [-0.05, 0) is 26.0 Å². The van der Waals surface area contributed by atoms with Crippen LogP contribution in [-0.2, 0) is 0 Å². The summed E-state index contributed by atoms with van der Waals surface area (Å²) in [5, 5.41) is 0.422. The number of aromatic nitrogens is 3. The van der Waals surface area contributed by atoms with Crippen molar-refractivity contribution < 1.29 is 0 Å². The molecule has 0 bridgehead atoms. The van der Waals surface area contributed by atoms with Crippen molar-refractivity contribution in [2.75, 3.05) is 0 Å². The maximum absolute atomic E-state index is 6.03. The second-order valence-corrected chi connectivity index (χ2v) is 3.63. The lowest BCUT2D eigenvalue weighted by atomic mass is 10.2. The van der Waals surface area contributed by atoms with Crippen molar-refractivity contribution in [3.05, 3.63) is 41.1 Å². The van der Waals surface area contributed by atoms with Gasteiger partial charge >= 0.3 is 0 Å². The molecule has 2 aromatic rings. The van der Waals surface area contributed by atoms with Gasteiger partial charge in [0.1, 0.15) is 5.69 Å². The molecule has 2 heterocycles. The summed E-state index contributed by atoms with van der Waals surface area (Å²) < 4.78 is 0.